The SMILES string of the molecule is O=c1[nH]c2cncc(Cl)c2n1C1CC1. The quantitative estimate of drug-likeness (QED) is 0.778. The van der Waals surface area contributed by atoms with Crippen LogP contribution in [-0.4, -0.2) is 14.5 Å². The molecule has 0 amide bonds. The van der Waals surface area contributed by atoms with Crippen LogP contribution in [0, 0.1) is 0 Å². The van der Waals surface area contributed by atoms with Gasteiger partial charge in [-0.3, -0.25) is 9.55 Å². The molecule has 0 aliphatic heterocycles. The first-order valence-corrected chi connectivity index (χ1v) is 4.89. The van der Waals surface area contributed by atoms with E-state index in [1.165, 1.54) is 0 Å². The first kappa shape index (κ1) is 8.05. The molecule has 0 saturated heterocycles. The highest BCUT2D eigenvalue weighted by Gasteiger charge is 2.28. The highest BCUT2D eigenvalue weighted by atomic mass is 35.5. The molecule has 2 aromatic rings. The summed E-state index contributed by atoms with van der Waals surface area (Å²) >= 11 is 6.01. The van der Waals surface area contributed by atoms with E-state index in [1.807, 2.05) is 0 Å². The summed E-state index contributed by atoms with van der Waals surface area (Å²) in [5.74, 6) is 0. The third kappa shape index (κ3) is 1.00. The molecule has 1 saturated carbocycles. The molecule has 14 heavy (non-hydrogen) atoms. The van der Waals surface area contributed by atoms with E-state index in [0.717, 1.165) is 23.9 Å². The summed E-state index contributed by atoms with van der Waals surface area (Å²) < 4.78 is 1.74. The van der Waals surface area contributed by atoms with Gasteiger partial charge in [-0.25, -0.2) is 4.79 Å². The van der Waals surface area contributed by atoms with Gasteiger partial charge in [-0.1, -0.05) is 11.6 Å². The summed E-state index contributed by atoms with van der Waals surface area (Å²) in [6, 6.07) is 0.330. The van der Waals surface area contributed by atoms with Crippen LogP contribution in [0.2, 0.25) is 5.02 Å². The van der Waals surface area contributed by atoms with Gasteiger partial charge in [0.05, 0.1) is 22.3 Å². The summed E-state index contributed by atoms with van der Waals surface area (Å²) in [4.78, 5) is 18.3. The highest BCUT2D eigenvalue weighted by Crippen LogP contribution is 2.36. The smallest absolute Gasteiger partial charge is 0.304 e. The van der Waals surface area contributed by atoms with Crippen molar-refractivity contribution in [3.8, 4) is 0 Å². The van der Waals surface area contributed by atoms with Gasteiger partial charge in [-0.05, 0) is 12.8 Å². The molecule has 1 fully saturated rings. The molecule has 1 aliphatic rings. The second-order valence-electron chi connectivity index (χ2n) is 3.55. The third-order valence-electron chi connectivity index (χ3n) is 2.49. The molecule has 0 unspecified atom stereocenters. The number of hydrogen-bond donors (Lipinski definition) is 1. The Labute approximate surface area is 84.5 Å². The average Bonchev–Trinajstić information content (AvgIpc) is 2.90. The van der Waals surface area contributed by atoms with E-state index in [9.17, 15) is 4.79 Å². The molecule has 0 bridgehead atoms. The summed E-state index contributed by atoms with van der Waals surface area (Å²) in [5.41, 5.74) is 1.42. The van der Waals surface area contributed by atoms with Crippen molar-refractivity contribution >= 4 is 22.6 Å². The van der Waals surface area contributed by atoms with Crippen molar-refractivity contribution in [3.05, 3.63) is 27.9 Å². The molecule has 2 aromatic heterocycles. The van der Waals surface area contributed by atoms with Gasteiger partial charge in [-0.2, -0.15) is 0 Å². The maximum absolute atomic E-state index is 11.6. The van der Waals surface area contributed by atoms with Crippen molar-refractivity contribution in [2.75, 3.05) is 0 Å². The number of pyridine rings is 1. The fourth-order valence-corrected chi connectivity index (χ4v) is 1.97. The van der Waals surface area contributed by atoms with Gasteiger partial charge in [0.2, 0.25) is 0 Å². The molecule has 1 N–H and O–H groups in total. The topological polar surface area (TPSA) is 50.7 Å². The van der Waals surface area contributed by atoms with Crippen molar-refractivity contribution in [2.24, 2.45) is 0 Å². The van der Waals surface area contributed by atoms with E-state index in [4.69, 9.17) is 11.6 Å². The zero-order valence-corrected chi connectivity index (χ0v) is 8.08. The van der Waals surface area contributed by atoms with E-state index < -0.39 is 0 Å². The molecule has 3 rings (SSSR count). The fourth-order valence-electron chi connectivity index (χ4n) is 1.72. The van der Waals surface area contributed by atoms with Crippen LogP contribution in [-0.2, 0) is 0 Å². The summed E-state index contributed by atoms with van der Waals surface area (Å²) in [5, 5.41) is 0.535. The first-order chi connectivity index (χ1) is 6.77. The van der Waals surface area contributed by atoms with Crippen molar-refractivity contribution in [1.29, 1.82) is 0 Å². The van der Waals surface area contributed by atoms with Gasteiger partial charge in [0, 0.05) is 12.2 Å². The summed E-state index contributed by atoms with van der Waals surface area (Å²) in [7, 11) is 0. The van der Waals surface area contributed by atoms with E-state index >= 15 is 0 Å². The Morgan fingerprint density at radius 3 is 3.00 bits per heavy atom. The predicted molar refractivity (Wildman–Crippen MR) is 53.6 cm³/mol. The largest absolute Gasteiger partial charge is 0.326 e. The van der Waals surface area contributed by atoms with Crippen LogP contribution in [0.3, 0.4) is 0 Å². The number of imidazole rings is 1. The number of H-pyrrole nitrogens is 1. The van der Waals surface area contributed by atoms with E-state index in [1.54, 1.807) is 17.0 Å². The van der Waals surface area contributed by atoms with Crippen LogP contribution in [0.1, 0.15) is 18.9 Å². The maximum atomic E-state index is 11.6. The van der Waals surface area contributed by atoms with Crippen molar-refractivity contribution in [1.82, 2.24) is 14.5 Å². The molecule has 0 aromatic carbocycles. The number of aromatic nitrogens is 3. The number of nitrogens with one attached hydrogen (secondary N) is 1. The van der Waals surface area contributed by atoms with E-state index in [0.29, 0.717) is 11.1 Å². The number of nitrogens with zero attached hydrogens (tertiary/aromatic N) is 2. The molecule has 2 heterocycles. The first-order valence-electron chi connectivity index (χ1n) is 4.51. The Morgan fingerprint density at radius 2 is 2.29 bits per heavy atom. The zero-order chi connectivity index (χ0) is 9.71. The van der Waals surface area contributed by atoms with E-state index in [-0.39, 0.29) is 5.69 Å². The third-order valence-corrected chi connectivity index (χ3v) is 2.76. The van der Waals surface area contributed by atoms with Crippen molar-refractivity contribution in [2.45, 2.75) is 18.9 Å². The number of halogens is 1. The van der Waals surface area contributed by atoms with Crippen molar-refractivity contribution in [3.63, 3.8) is 0 Å². The lowest BCUT2D eigenvalue weighted by Crippen LogP contribution is -2.15. The lowest BCUT2D eigenvalue weighted by atomic mass is 10.4. The van der Waals surface area contributed by atoms with Gasteiger partial charge in [0.15, 0.2) is 0 Å². The maximum Gasteiger partial charge on any atom is 0.326 e. The molecule has 0 atom stereocenters. The minimum absolute atomic E-state index is 0.0857. The standard InChI is InChI=1S/C9H8ClN3O/c10-6-3-11-4-7-8(6)13(5-1-2-5)9(14)12-7/h3-5H,1-2H2,(H,12,14). The monoisotopic (exact) mass is 209 g/mol. The van der Waals surface area contributed by atoms with Crippen LogP contribution >= 0.6 is 11.6 Å². The van der Waals surface area contributed by atoms with Gasteiger partial charge < -0.3 is 4.98 Å². The number of hydrogen-bond acceptors (Lipinski definition) is 2. The second kappa shape index (κ2) is 2.60. The number of fused-ring (bicyclic) bond motifs is 1. The molecule has 0 radical (unpaired) electrons. The molecule has 72 valence electrons. The van der Waals surface area contributed by atoms with Crippen LogP contribution in [0.4, 0.5) is 0 Å². The van der Waals surface area contributed by atoms with Crippen LogP contribution in [0.15, 0.2) is 17.2 Å². The van der Waals surface area contributed by atoms with Crippen LogP contribution < -0.4 is 5.69 Å². The Morgan fingerprint density at radius 1 is 1.50 bits per heavy atom. The lowest BCUT2D eigenvalue weighted by molar-refractivity contribution is 0.733. The average molecular weight is 210 g/mol. The predicted octanol–water partition coefficient (Wildman–Crippen LogP) is 1.71. The second-order valence-corrected chi connectivity index (χ2v) is 3.96. The molecule has 5 heteroatoms. The van der Waals surface area contributed by atoms with Crippen molar-refractivity contribution < 1.29 is 0 Å². The van der Waals surface area contributed by atoms with Crippen LogP contribution in [0.5, 0.6) is 0 Å². The summed E-state index contributed by atoms with van der Waals surface area (Å²) in [6.45, 7) is 0. The molecule has 1 aliphatic carbocycles. The minimum Gasteiger partial charge on any atom is -0.304 e. The lowest BCUT2D eigenvalue weighted by Gasteiger charge is -2.00. The van der Waals surface area contributed by atoms with Gasteiger partial charge in [0.25, 0.3) is 0 Å². The Hall–Kier alpha value is -1.29. The molecule has 0 spiro atoms. The zero-order valence-electron chi connectivity index (χ0n) is 7.33. The van der Waals surface area contributed by atoms with Gasteiger partial charge in [0.1, 0.15) is 0 Å². The highest BCUT2D eigenvalue weighted by molar-refractivity contribution is 6.34. The Kier molecular flexibility index (Phi) is 1.50. The minimum atomic E-state index is -0.0857. The van der Waals surface area contributed by atoms with Gasteiger partial charge >= 0.3 is 5.69 Å². The number of rotatable bonds is 1. The fraction of sp³-hybridized carbons (Fsp3) is 0.333. The molecular formula is C9H8ClN3O. The Bertz CT molecular complexity index is 553. The molecular weight excluding hydrogens is 202 g/mol. The van der Waals surface area contributed by atoms with Crippen LogP contribution in [0.25, 0.3) is 11.0 Å². The normalized spacial score (nSPS) is 16.4. The summed E-state index contributed by atoms with van der Waals surface area (Å²) in [6.07, 6.45) is 5.31. The van der Waals surface area contributed by atoms with E-state index in [2.05, 4.69) is 9.97 Å². The molecule has 4 nitrogen and oxygen atoms in total. The Balaban J connectivity index is 2.45. The number of aromatic amines is 1. The van der Waals surface area contributed by atoms with Gasteiger partial charge in [-0.15, -0.1) is 0 Å².